The van der Waals surface area contributed by atoms with E-state index in [9.17, 15) is 10.1 Å². The first-order chi connectivity index (χ1) is 13.6. The highest BCUT2D eigenvalue weighted by Gasteiger charge is 2.63. The molecule has 4 atom stereocenters. The quantitative estimate of drug-likeness (QED) is 0.596. The molecule has 2 aliphatic rings. The van der Waals surface area contributed by atoms with Gasteiger partial charge in [-0.25, -0.2) is 4.79 Å². The number of rotatable bonds is 5. The Morgan fingerprint density at radius 1 is 1.07 bits per heavy atom. The molecule has 2 saturated heterocycles. The van der Waals surface area contributed by atoms with E-state index in [1.807, 2.05) is 34.6 Å². The zero-order chi connectivity index (χ0) is 23.1. The number of nitriles is 1. The first kappa shape index (κ1) is 25.1. The summed E-state index contributed by atoms with van der Waals surface area (Å²) in [5.41, 5.74) is -0.668. The highest BCUT2D eigenvalue weighted by atomic mass is 28.4. The summed E-state index contributed by atoms with van der Waals surface area (Å²) in [5.74, 6) is -0.798. The third kappa shape index (κ3) is 4.83. The van der Waals surface area contributed by atoms with Gasteiger partial charge in [0.15, 0.2) is 5.79 Å². The van der Waals surface area contributed by atoms with Gasteiger partial charge in [-0.05, 0) is 34.6 Å². The molecule has 2 rings (SSSR count). The minimum absolute atomic E-state index is 0.125. The normalized spacial score (nSPS) is 28.9. The monoisotopic (exact) mass is 442 g/mol. The van der Waals surface area contributed by atoms with Gasteiger partial charge in [0, 0.05) is 25.3 Å². The van der Waals surface area contributed by atoms with Crippen molar-refractivity contribution in [3.8, 4) is 6.07 Å². The molecule has 0 aromatic heterocycles. The molecule has 2 fully saturated rings. The van der Waals surface area contributed by atoms with Crippen LogP contribution in [0, 0.1) is 11.3 Å². The van der Waals surface area contributed by atoms with Crippen LogP contribution >= 0.6 is 0 Å². The van der Waals surface area contributed by atoms with Gasteiger partial charge in [0.2, 0.25) is 0 Å². The van der Waals surface area contributed by atoms with Crippen molar-refractivity contribution in [1.29, 1.82) is 5.26 Å². The number of hydrogen-bond donors (Lipinski definition) is 0. The van der Waals surface area contributed by atoms with Gasteiger partial charge in [-0.3, -0.25) is 4.90 Å². The number of carbonyl (C=O) groups is 1. The molecular weight excluding hydrogens is 404 g/mol. The number of nitrogens with zero attached hydrogens (tertiary/aromatic N) is 2. The van der Waals surface area contributed by atoms with E-state index in [0.717, 1.165) is 0 Å². The lowest BCUT2D eigenvalue weighted by Crippen LogP contribution is -2.56. The Bertz CT molecular complexity index is 674. The fourth-order valence-corrected chi connectivity index (χ4v) is 7.84. The van der Waals surface area contributed by atoms with Crippen LogP contribution in [-0.2, 0) is 23.1 Å². The molecule has 0 aliphatic carbocycles. The topological polar surface area (TPSA) is 90.3 Å². The summed E-state index contributed by atoms with van der Waals surface area (Å²) < 4.78 is 30.1. The molecule has 0 spiro atoms. The number of hydrogen-bond acceptors (Lipinski definition) is 7. The maximum atomic E-state index is 13.3. The number of amides is 1. The number of carbonyl (C=O) groups excluding carboxylic acids is 1. The second-order valence-corrected chi connectivity index (χ2v) is 14.8. The van der Waals surface area contributed by atoms with Crippen LogP contribution in [-0.4, -0.2) is 69.5 Å². The summed E-state index contributed by atoms with van der Waals surface area (Å²) in [5, 5.41) is 9.23. The number of ether oxygens (including phenoxy) is 3. The van der Waals surface area contributed by atoms with Crippen molar-refractivity contribution < 1.29 is 27.9 Å². The van der Waals surface area contributed by atoms with E-state index in [-0.39, 0.29) is 11.5 Å². The SMILES string of the molecule is CO[Si](CC1C2OC(C)(C)OC2C(CC#N)N1C(=O)OC(C)(C)C)(OC)C(C)(C)C. The standard InChI is InChI=1S/C21H38N2O6Si/c1-19(2,3)29-18(24)23-14(11-12-22)16-17(28-21(7,8)27-16)15(23)13-30(25-9,26-10)20(4,5)6/h14-17H,11,13H2,1-10H3. The molecule has 30 heavy (non-hydrogen) atoms. The summed E-state index contributed by atoms with van der Waals surface area (Å²) in [6.07, 6.45) is -1.17. The molecule has 172 valence electrons. The van der Waals surface area contributed by atoms with E-state index < -0.39 is 50.3 Å². The van der Waals surface area contributed by atoms with Crippen molar-refractivity contribution in [2.24, 2.45) is 0 Å². The summed E-state index contributed by atoms with van der Waals surface area (Å²) >= 11 is 0. The summed E-state index contributed by atoms with van der Waals surface area (Å²) in [6.45, 7) is 15.4. The smallest absolute Gasteiger partial charge is 0.410 e. The van der Waals surface area contributed by atoms with Crippen LogP contribution in [0.15, 0.2) is 0 Å². The number of fused-ring (bicyclic) bond motifs is 1. The molecule has 0 radical (unpaired) electrons. The fourth-order valence-electron chi connectivity index (χ4n) is 4.53. The maximum absolute atomic E-state index is 13.3. The highest BCUT2D eigenvalue weighted by molar-refractivity contribution is 6.70. The molecule has 0 bridgehead atoms. The molecule has 0 aromatic carbocycles. The summed E-state index contributed by atoms with van der Waals surface area (Å²) in [7, 11) is 0.538. The van der Waals surface area contributed by atoms with Crippen molar-refractivity contribution in [3.63, 3.8) is 0 Å². The van der Waals surface area contributed by atoms with Gasteiger partial charge in [0.1, 0.15) is 17.8 Å². The van der Waals surface area contributed by atoms with Gasteiger partial charge in [0.05, 0.1) is 24.6 Å². The van der Waals surface area contributed by atoms with Crippen molar-refractivity contribution in [2.45, 2.75) is 109 Å². The third-order valence-electron chi connectivity index (χ3n) is 5.82. The summed E-state index contributed by atoms with van der Waals surface area (Å²) in [6, 6.07) is 1.82. The van der Waals surface area contributed by atoms with Crippen molar-refractivity contribution in [2.75, 3.05) is 14.2 Å². The average molecular weight is 443 g/mol. The van der Waals surface area contributed by atoms with E-state index in [2.05, 4.69) is 26.8 Å². The third-order valence-corrected chi connectivity index (χ3v) is 10.4. The van der Waals surface area contributed by atoms with Gasteiger partial charge in [-0.1, -0.05) is 20.8 Å². The fraction of sp³-hybridized carbons (Fsp3) is 0.905. The van der Waals surface area contributed by atoms with Crippen LogP contribution in [0.5, 0.6) is 0 Å². The second-order valence-electron chi connectivity index (χ2n) is 10.6. The predicted octanol–water partition coefficient (Wildman–Crippen LogP) is 3.94. The lowest BCUT2D eigenvalue weighted by atomic mass is 10.1. The predicted molar refractivity (Wildman–Crippen MR) is 114 cm³/mol. The largest absolute Gasteiger partial charge is 0.444 e. The highest BCUT2D eigenvalue weighted by Crippen LogP contribution is 2.48. The van der Waals surface area contributed by atoms with Crippen LogP contribution in [0.4, 0.5) is 4.79 Å². The molecule has 0 N–H and O–H groups in total. The van der Waals surface area contributed by atoms with Crippen molar-refractivity contribution in [1.82, 2.24) is 4.90 Å². The maximum Gasteiger partial charge on any atom is 0.410 e. The Kier molecular flexibility index (Phi) is 7.02. The van der Waals surface area contributed by atoms with Crippen molar-refractivity contribution >= 4 is 14.7 Å². The molecule has 0 saturated carbocycles. The van der Waals surface area contributed by atoms with E-state index in [0.29, 0.717) is 6.04 Å². The first-order valence-corrected chi connectivity index (χ1v) is 12.5. The van der Waals surface area contributed by atoms with E-state index in [1.165, 1.54) is 0 Å². The van der Waals surface area contributed by atoms with E-state index in [1.54, 1.807) is 19.1 Å². The van der Waals surface area contributed by atoms with Crippen molar-refractivity contribution in [3.05, 3.63) is 0 Å². The Morgan fingerprint density at radius 3 is 1.97 bits per heavy atom. The molecule has 4 unspecified atom stereocenters. The lowest BCUT2D eigenvalue weighted by Gasteiger charge is -2.43. The van der Waals surface area contributed by atoms with Crippen LogP contribution in [0.2, 0.25) is 11.1 Å². The lowest BCUT2D eigenvalue weighted by molar-refractivity contribution is -0.165. The van der Waals surface area contributed by atoms with Gasteiger partial charge >= 0.3 is 14.7 Å². The Balaban J connectivity index is 2.52. The Morgan fingerprint density at radius 2 is 1.57 bits per heavy atom. The van der Waals surface area contributed by atoms with E-state index >= 15 is 0 Å². The molecule has 9 heteroatoms. The van der Waals surface area contributed by atoms with Gasteiger partial charge in [-0.2, -0.15) is 5.26 Å². The van der Waals surface area contributed by atoms with Gasteiger partial charge in [-0.15, -0.1) is 0 Å². The zero-order valence-corrected chi connectivity index (χ0v) is 21.1. The number of likely N-dealkylation sites (tertiary alicyclic amines) is 1. The Hall–Kier alpha value is -1.18. The zero-order valence-electron chi connectivity index (χ0n) is 20.1. The van der Waals surface area contributed by atoms with Gasteiger partial charge < -0.3 is 23.1 Å². The molecule has 1 amide bonds. The van der Waals surface area contributed by atoms with Crippen LogP contribution in [0.1, 0.15) is 61.8 Å². The van der Waals surface area contributed by atoms with Crippen LogP contribution < -0.4 is 0 Å². The first-order valence-electron chi connectivity index (χ1n) is 10.5. The Labute approximate surface area is 182 Å². The molecule has 8 nitrogen and oxygen atoms in total. The molecule has 0 aromatic rings. The molecule has 2 aliphatic heterocycles. The van der Waals surface area contributed by atoms with Crippen LogP contribution in [0.3, 0.4) is 0 Å². The minimum atomic E-state index is -2.78. The van der Waals surface area contributed by atoms with Gasteiger partial charge in [0.25, 0.3) is 0 Å². The summed E-state index contributed by atoms with van der Waals surface area (Å²) in [4.78, 5) is 14.9. The molecular formula is C21H38N2O6Si. The average Bonchev–Trinajstić information content (AvgIpc) is 3.02. The molecule has 2 heterocycles. The second kappa shape index (κ2) is 8.39. The van der Waals surface area contributed by atoms with Crippen LogP contribution in [0.25, 0.3) is 0 Å². The minimum Gasteiger partial charge on any atom is -0.444 e. The van der Waals surface area contributed by atoms with E-state index in [4.69, 9.17) is 23.1 Å².